The Balaban J connectivity index is 1.40. The molecule has 10 heteroatoms. The largest absolute Gasteiger partial charge is 0.464 e. The van der Waals surface area contributed by atoms with Crippen LogP contribution < -0.4 is 5.56 Å². The number of aromatic nitrogens is 5. The van der Waals surface area contributed by atoms with Crippen molar-refractivity contribution < 1.29 is 4.42 Å². The molecule has 7 nitrogen and oxygen atoms in total. The third-order valence-corrected chi connectivity index (χ3v) is 7.76. The second-order valence-corrected chi connectivity index (χ2v) is 9.86. The molecule has 1 N–H and O–H groups in total. The summed E-state index contributed by atoms with van der Waals surface area (Å²) in [6.45, 7) is 2.01. The van der Waals surface area contributed by atoms with Crippen molar-refractivity contribution in [2.24, 2.45) is 0 Å². The highest BCUT2D eigenvalue weighted by molar-refractivity contribution is 7.99. The first-order chi connectivity index (χ1) is 14.7. The number of para-hydroxylation sites is 1. The second-order valence-electron chi connectivity index (χ2n) is 6.69. The van der Waals surface area contributed by atoms with Crippen LogP contribution in [0.25, 0.3) is 36.7 Å². The van der Waals surface area contributed by atoms with Crippen LogP contribution in [0.1, 0.15) is 18.0 Å². The Bertz CT molecular complexity index is 1570. The molecular weight excluding hydrogens is 438 g/mol. The minimum atomic E-state index is -0.164. The van der Waals surface area contributed by atoms with Crippen LogP contribution in [0.2, 0.25) is 0 Å². The third-order valence-electron chi connectivity index (χ3n) is 4.83. The zero-order valence-corrected chi connectivity index (χ0v) is 18.0. The summed E-state index contributed by atoms with van der Waals surface area (Å²) in [4.78, 5) is 22.1. The Morgan fingerprint density at radius 1 is 1.20 bits per heavy atom. The number of hydrogen-bond acceptors (Lipinski definition) is 8. The second kappa shape index (κ2) is 6.79. The van der Waals surface area contributed by atoms with Gasteiger partial charge in [-0.3, -0.25) is 9.20 Å². The standard InChI is InChI=1S/C20H13N5O2S3/c1-10(29-19-23-24-20-25(19)12-5-2-3-7-14(12)30-20)16-21-17(26)15-11(9-28-18(15)22-16)13-6-4-8-27-13/h2-10H,1H3,(H,21,22,26)/t10-/m1/s1. The monoisotopic (exact) mass is 451 g/mol. The van der Waals surface area contributed by atoms with Gasteiger partial charge in [-0.05, 0) is 31.2 Å². The highest BCUT2D eigenvalue weighted by Gasteiger charge is 2.20. The van der Waals surface area contributed by atoms with Gasteiger partial charge in [0.1, 0.15) is 16.4 Å². The predicted molar refractivity (Wildman–Crippen MR) is 121 cm³/mol. The number of benzene rings is 1. The van der Waals surface area contributed by atoms with Crippen molar-refractivity contribution in [3.63, 3.8) is 0 Å². The molecule has 30 heavy (non-hydrogen) atoms. The van der Waals surface area contributed by atoms with E-state index in [1.807, 2.05) is 30.5 Å². The minimum absolute atomic E-state index is 0.109. The number of furan rings is 1. The van der Waals surface area contributed by atoms with Gasteiger partial charge < -0.3 is 9.40 Å². The molecule has 0 saturated heterocycles. The van der Waals surface area contributed by atoms with E-state index in [1.165, 1.54) is 23.1 Å². The number of thiazole rings is 1. The summed E-state index contributed by atoms with van der Waals surface area (Å²) in [6, 6.07) is 11.8. The topological polar surface area (TPSA) is 89.1 Å². The van der Waals surface area contributed by atoms with E-state index in [2.05, 4.69) is 31.7 Å². The Labute approximate surface area is 181 Å². The van der Waals surface area contributed by atoms with Crippen LogP contribution in [0.4, 0.5) is 0 Å². The number of nitrogens with one attached hydrogen (secondary N) is 1. The molecule has 0 radical (unpaired) electrons. The van der Waals surface area contributed by atoms with Crippen LogP contribution in [0.15, 0.2) is 62.4 Å². The van der Waals surface area contributed by atoms with Gasteiger partial charge in [0.15, 0.2) is 5.16 Å². The average molecular weight is 452 g/mol. The van der Waals surface area contributed by atoms with Crippen LogP contribution in [0.5, 0.6) is 0 Å². The first kappa shape index (κ1) is 17.9. The summed E-state index contributed by atoms with van der Waals surface area (Å²) in [5.74, 6) is 1.28. The molecule has 0 saturated carbocycles. The minimum Gasteiger partial charge on any atom is -0.464 e. The molecule has 0 amide bonds. The van der Waals surface area contributed by atoms with Crippen LogP contribution in [-0.2, 0) is 0 Å². The van der Waals surface area contributed by atoms with Crippen molar-refractivity contribution in [1.29, 1.82) is 0 Å². The lowest BCUT2D eigenvalue weighted by atomic mass is 10.2. The average Bonchev–Trinajstić information content (AvgIpc) is 3.52. The zero-order valence-electron chi connectivity index (χ0n) is 15.5. The van der Waals surface area contributed by atoms with Crippen molar-refractivity contribution in [3.05, 3.63) is 64.2 Å². The van der Waals surface area contributed by atoms with Crippen molar-refractivity contribution in [1.82, 2.24) is 24.6 Å². The number of H-pyrrole nitrogens is 1. The van der Waals surface area contributed by atoms with Gasteiger partial charge in [0.2, 0.25) is 4.96 Å². The summed E-state index contributed by atoms with van der Waals surface area (Å²) in [5, 5.41) is 11.8. The summed E-state index contributed by atoms with van der Waals surface area (Å²) in [5.41, 5.74) is 1.68. The molecule has 0 fully saturated rings. The summed E-state index contributed by atoms with van der Waals surface area (Å²) in [6.07, 6.45) is 1.60. The lowest BCUT2D eigenvalue weighted by Crippen LogP contribution is -2.12. The van der Waals surface area contributed by atoms with Crippen molar-refractivity contribution in [2.45, 2.75) is 17.3 Å². The summed E-state index contributed by atoms with van der Waals surface area (Å²) >= 11 is 4.57. The van der Waals surface area contributed by atoms with Crippen molar-refractivity contribution >= 4 is 59.8 Å². The van der Waals surface area contributed by atoms with Gasteiger partial charge in [0.25, 0.3) is 5.56 Å². The molecule has 5 aromatic heterocycles. The maximum atomic E-state index is 12.9. The maximum absolute atomic E-state index is 12.9. The molecule has 148 valence electrons. The first-order valence-corrected chi connectivity index (χ1v) is 11.7. The maximum Gasteiger partial charge on any atom is 0.260 e. The molecule has 0 aliphatic carbocycles. The van der Waals surface area contributed by atoms with Crippen molar-refractivity contribution in [3.8, 4) is 11.3 Å². The van der Waals surface area contributed by atoms with Gasteiger partial charge in [-0.1, -0.05) is 35.2 Å². The number of hydrogen-bond donors (Lipinski definition) is 1. The molecular formula is C20H13N5O2S3. The lowest BCUT2D eigenvalue weighted by Gasteiger charge is -2.09. The van der Waals surface area contributed by atoms with E-state index in [-0.39, 0.29) is 10.8 Å². The van der Waals surface area contributed by atoms with Crippen molar-refractivity contribution in [2.75, 3.05) is 0 Å². The Morgan fingerprint density at radius 3 is 2.97 bits per heavy atom. The molecule has 0 spiro atoms. The normalized spacial score (nSPS) is 13.0. The zero-order chi connectivity index (χ0) is 20.2. The van der Waals surface area contributed by atoms with Gasteiger partial charge in [-0.2, -0.15) is 0 Å². The third kappa shape index (κ3) is 2.72. The van der Waals surface area contributed by atoms with Gasteiger partial charge in [-0.25, -0.2) is 4.98 Å². The lowest BCUT2D eigenvalue weighted by molar-refractivity contribution is 0.583. The highest BCUT2D eigenvalue weighted by Crippen LogP contribution is 2.37. The van der Waals surface area contributed by atoms with Gasteiger partial charge >= 0.3 is 0 Å². The van der Waals surface area contributed by atoms with E-state index in [9.17, 15) is 4.79 Å². The molecule has 0 aliphatic rings. The molecule has 1 atom stereocenters. The molecule has 0 aliphatic heterocycles. The molecule has 0 unspecified atom stereocenters. The molecule has 1 aromatic carbocycles. The number of thiophene rings is 1. The molecule has 0 bridgehead atoms. The number of fused-ring (bicyclic) bond motifs is 4. The Morgan fingerprint density at radius 2 is 2.10 bits per heavy atom. The predicted octanol–water partition coefficient (Wildman–Crippen LogP) is 5.36. The number of rotatable bonds is 4. The van der Waals surface area contributed by atoms with Crippen LogP contribution in [0.3, 0.4) is 0 Å². The summed E-state index contributed by atoms with van der Waals surface area (Å²) < 4.78 is 8.68. The smallest absolute Gasteiger partial charge is 0.260 e. The highest BCUT2D eigenvalue weighted by atomic mass is 32.2. The number of nitrogens with zero attached hydrogens (tertiary/aromatic N) is 4. The van der Waals surface area contributed by atoms with E-state index in [4.69, 9.17) is 9.40 Å². The molecule has 6 aromatic rings. The number of aromatic amines is 1. The molecule has 6 rings (SSSR count). The van der Waals surface area contributed by atoms with Gasteiger partial charge in [0.05, 0.1) is 27.1 Å². The quantitative estimate of drug-likeness (QED) is 0.363. The van der Waals surface area contributed by atoms with E-state index < -0.39 is 0 Å². The van der Waals surface area contributed by atoms with Gasteiger partial charge in [0, 0.05) is 10.9 Å². The fourth-order valence-electron chi connectivity index (χ4n) is 3.42. The van der Waals surface area contributed by atoms with Crippen LogP contribution in [0, 0.1) is 0 Å². The fourth-order valence-corrected chi connectivity index (χ4v) is 6.29. The SMILES string of the molecule is C[C@@H](Sc1nnc2sc3ccccc3n12)c1nc2scc(-c3ccco3)c2c(=O)[nH]1. The first-order valence-electron chi connectivity index (χ1n) is 9.13. The van der Waals surface area contributed by atoms with Crippen LogP contribution >= 0.6 is 34.4 Å². The fraction of sp³-hybridized carbons (Fsp3) is 0.100. The molecule has 5 heterocycles. The summed E-state index contributed by atoms with van der Waals surface area (Å²) in [7, 11) is 0. The van der Waals surface area contributed by atoms with E-state index in [0.717, 1.165) is 25.9 Å². The van der Waals surface area contributed by atoms with Gasteiger partial charge in [-0.15, -0.1) is 21.5 Å². The van der Waals surface area contributed by atoms with E-state index in [0.29, 0.717) is 21.8 Å². The van der Waals surface area contributed by atoms with Crippen LogP contribution in [-0.4, -0.2) is 24.6 Å². The Hall–Kier alpha value is -2.95. The Kier molecular flexibility index (Phi) is 4.05. The number of thioether (sulfide) groups is 1. The van der Waals surface area contributed by atoms with E-state index >= 15 is 0 Å². The van der Waals surface area contributed by atoms with E-state index in [1.54, 1.807) is 23.7 Å².